The molecular formula is C23H26N2O4S. The number of amides is 1. The molecule has 3 aromatic carbocycles. The molecule has 0 bridgehead atoms. The average Bonchev–Trinajstić information content (AvgIpc) is 2.74. The van der Waals surface area contributed by atoms with Crippen LogP contribution in [0, 0.1) is 0 Å². The van der Waals surface area contributed by atoms with Crippen molar-refractivity contribution in [3.8, 4) is 5.75 Å². The molecule has 1 N–H and O–H groups in total. The average molecular weight is 427 g/mol. The first kappa shape index (κ1) is 21.6. The molecule has 0 spiro atoms. The maximum absolute atomic E-state index is 12.3. The van der Waals surface area contributed by atoms with Gasteiger partial charge in [0.2, 0.25) is 15.9 Å². The largest absolute Gasteiger partial charge is 0.495 e. The number of nitrogens with zero attached hydrogens (tertiary/aromatic N) is 1. The van der Waals surface area contributed by atoms with Gasteiger partial charge in [-0.1, -0.05) is 54.6 Å². The van der Waals surface area contributed by atoms with E-state index < -0.39 is 10.0 Å². The molecular weight excluding hydrogens is 400 g/mol. The summed E-state index contributed by atoms with van der Waals surface area (Å²) in [6.45, 7) is 0.628. The van der Waals surface area contributed by atoms with E-state index in [-0.39, 0.29) is 18.9 Å². The minimum atomic E-state index is -3.51. The van der Waals surface area contributed by atoms with Crippen molar-refractivity contribution in [3.63, 3.8) is 0 Å². The van der Waals surface area contributed by atoms with E-state index in [1.807, 2.05) is 42.5 Å². The summed E-state index contributed by atoms with van der Waals surface area (Å²) in [6.07, 6.45) is 1.78. The van der Waals surface area contributed by atoms with E-state index in [1.165, 1.54) is 11.4 Å². The highest BCUT2D eigenvalue weighted by Crippen LogP contribution is 2.29. The molecule has 0 atom stereocenters. The second kappa shape index (κ2) is 9.63. The van der Waals surface area contributed by atoms with Crippen LogP contribution in [0.3, 0.4) is 0 Å². The Morgan fingerprint density at radius 3 is 2.47 bits per heavy atom. The van der Waals surface area contributed by atoms with Crippen LogP contribution in [-0.2, 0) is 21.4 Å². The van der Waals surface area contributed by atoms with E-state index >= 15 is 0 Å². The molecule has 0 heterocycles. The number of fused-ring (bicyclic) bond motifs is 1. The minimum Gasteiger partial charge on any atom is -0.495 e. The van der Waals surface area contributed by atoms with Gasteiger partial charge in [-0.25, -0.2) is 8.42 Å². The van der Waals surface area contributed by atoms with Crippen molar-refractivity contribution in [2.75, 3.05) is 24.2 Å². The molecule has 3 aromatic rings. The molecule has 0 radical (unpaired) electrons. The molecule has 0 aromatic heterocycles. The zero-order chi connectivity index (χ0) is 21.6. The molecule has 30 heavy (non-hydrogen) atoms. The van der Waals surface area contributed by atoms with Gasteiger partial charge in [-0.05, 0) is 34.9 Å². The number of benzene rings is 3. The fourth-order valence-electron chi connectivity index (χ4n) is 3.41. The summed E-state index contributed by atoms with van der Waals surface area (Å²) in [5.74, 6) is 0.361. The summed E-state index contributed by atoms with van der Waals surface area (Å²) in [5.41, 5.74) is 1.52. The van der Waals surface area contributed by atoms with Gasteiger partial charge in [0.25, 0.3) is 0 Å². The molecule has 0 aliphatic rings. The van der Waals surface area contributed by atoms with Gasteiger partial charge in [0, 0.05) is 19.5 Å². The zero-order valence-electron chi connectivity index (χ0n) is 17.2. The smallest absolute Gasteiger partial charge is 0.232 e. The first-order valence-electron chi connectivity index (χ1n) is 9.74. The van der Waals surface area contributed by atoms with E-state index in [1.54, 1.807) is 24.3 Å². The summed E-state index contributed by atoms with van der Waals surface area (Å²) in [7, 11) is -2.01. The molecule has 1 amide bonds. The third-order valence-corrected chi connectivity index (χ3v) is 6.06. The molecule has 158 valence electrons. The van der Waals surface area contributed by atoms with E-state index in [0.29, 0.717) is 24.4 Å². The van der Waals surface area contributed by atoms with Crippen LogP contribution in [0.15, 0.2) is 66.7 Å². The monoisotopic (exact) mass is 426 g/mol. The van der Waals surface area contributed by atoms with Crippen molar-refractivity contribution in [1.82, 2.24) is 5.32 Å². The van der Waals surface area contributed by atoms with Crippen molar-refractivity contribution in [3.05, 3.63) is 72.3 Å². The van der Waals surface area contributed by atoms with Gasteiger partial charge in [-0.2, -0.15) is 0 Å². The number of anilines is 1. The van der Waals surface area contributed by atoms with Crippen LogP contribution < -0.4 is 14.4 Å². The van der Waals surface area contributed by atoms with Crippen LogP contribution >= 0.6 is 0 Å². The van der Waals surface area contributed by atoms with Crippen LogP contribution in [0.25, 0.3) is 10.8 Å². The van der Waals surface area contributed by atoms with E-state index in [9.17, 15) is 13.2 Å². The number of carbonyl (C=O) groups excluding carboxylic acids is 1. The van der Waals surface area contributed by atoms with Crippen molar-refractivity contribution < 1.29 is 17.9 Å². The molecule has 3 rings (SSSR count). The highest BCUT2D eigenvalue weighted by atomic mass is 32.2. The third-order valence-electron chi connectivity index (χ3n) is 4.88. The normalized spacial score (nSPS) is 11.3. The summed E-state index contributed by atoms with van der Waals surface area (Å²) >= 11 is 0. The van der Waals surface area contributed by atoms with Gasteiger partial charge in [-0.15, -0.1) is 0 Å². The van der Waals surface area contributed by atoms with E-state index in [4.69, 9.17) is 4.74 Å². The topological polar surface area (TPSA) is 75.7 Å². The maximum atomic E-state index is 12.3. The first-order valence-corrected chi connectivity index (χ1v) is 11.6. The van der Waals surface area contributed by atoms with E-state index in [2.05, 4.69) is 5.32 Å². The van der Waals surface area contributed by atoms with Gasteiger partial charge in [0.15, 0.2) is 0 Å². The van der Waals surface area contributed by atoms with Gasteiger partial charge in [-0.3, -0.25) is 9.10 Å². The molecule has 7 heteroatoms. The number of rotatable bonds is 9. The Bertz CT molecular complexity index is 1120. The van der Waals surface area contributed by atoms with Crippen LogP contribution in [0.1, 0.15) is 18.4 Å². The predicted octanol–water partition coefficient (Wildman–Crippen LogP) is 3.71. The molecule has 0 unspecified atom stereocenters. The van der Waals surface area contributed by atoms with E-state index in [0.717, 1.165) is 22.6 Å². The molecule has 0 aliphatic carbocycles. The molecule has 6 nitrogen and oxygen atoms in total. The second-order valence-corrected chi connectivity index (χ2v) is 8.93. The van der Waals surface area contributed by atoms with Gasteiger partial charge in [0.1, 0.15) is 5.75 Å². The van der Waals surface area contributed by atoms with Crippen LogP contribution in [-0.4, -0.2) is 34.2 Å². The maximum Gasteiger partial charge on any atom is 0.232 e. The highest BCUT2D eigenvalue weighted by molar-refractivity contribution is 7.92. The number of nitrogens with one attached hydrogen (secondary N) is 1. The number of hydrogen-bond acceptors (Lipinski definition) is 4. The summed E-state index contributed by atoms with van der Waals surface area (Å²) in [6, 6.07) is 21.0. The van der Waals surface area contributed by atoms with Crippen molar-refractivity contribution >= 4 is 32.4 Å². The van der Waals surface area contributed by atoms with Crippen LogP contribution in [0.2, 0.25) is 0 Å². The van der Waals surface area contributed by atoms with Gasteiger partial charge in [0.05, 0.1) is 19.1 Å². The van der Waals surface area contributed by atoms with Crippen molar-refractivity contribution in [2.45, 2.75) is 19.4 Å². The lowest BCUT2D eigenvalue weighted by Gasteiger charge is -2.24. The number of methoxy groups -OCH3 is 1. The number of ether oxygens (including phenoxy) is 1. The standard InChI is InChI=1S/C23H26N2O4S/c1-29-22-14-6-5-13-21(22)25(30(2,27)28)16-8-15-23(26)24-17-19-11-7-10-18-9-3-4-12-20(18)19/h3-7,9-14H,8,15-17H2,1-2H3,(H,24,26). The first-order chi connectivity index (χ1) is 14.4. The summed E-state index contributed by atoms with van der Waals surface area (Å²) < 4.78 is 31.1. The lowest BCUT2D eigenvalue weighted by Crippen LogP contribution is -2.32. The Hall–Kier alpha value is -3.06. The number of para-hydroxylation sites is 2. The minimum absolute atomic E-state index is 0.114. The number of carbonyl (C=O) groups is 1. The molecule has 0 aliphatic heterocycles. The van der Waals surface area contributed by atoms with Gasteiger partial charge >= 0.3 is 0 Å². The van der Waals surface area contributed by atoms with Crippen molar-refractivity contribution in [1.29, 1.82) is 0 Å². The Kier molecular flexibility index (Phi) is 6.95. The fourth-order valence-corrected chi connectivity index (χ4v) is 4.38. The van der Waals surface area contributed by atoms with Crippen LogP contribution in [0.5, 0.6) is 5.75 Å². The predicted molar refractivity (Wildman–Crippen MR) is 120 cm³/mol. The Balaban J connectivity index is 1.59. The molecule has 0 saturated carbocycles. The lowest BCUT2D eigenvalue weighted by molar-refractivity contribution is -0.121. The Morgan fingerprint density at radius 2 is 1.70 bits per heavy atom. The second-order valence-electron chi connectivity index (χ2n) is 7.03. The third kappa shape index (κ3) is 5.30. The SMILES string of the molecule is COc1ccccc1N(CCCC(=O)NCc1cccc2ccccc12)S(C)(=O)=O. The summed E-state index contributed by atoms with van der Waals surface area (Å²) in [5, 5.41) is 5.17. The quantitative estimate of drug-likeness (QED) is 0.566. The lowest BCUT2D eigenvalue weighted by atomic mass is 10.0. The summed E-state index contributed by atoms with van der Waals surface area (Å²) in [4.78, 5) is 12.3. The van der Waals surface area contributed by atoms with Gasteiger partial charge < -0.3 is 10.1 Å². The molecule has 0 fully saturated rings. The number of sulfonamides is 1. The zero-order valence-corrected chi connectivity index (χ0v) is 18.0. The van der Waals surface area contributed by atoms with Crippen molar-refractivity contribution in [2.24, 2.45) is 0 Å². The Morgan fingerprint density at radius 1 is 1.00 bits per heavy atom. The number of hydrogen-bond donors (Lipinski definition) is 1. The highest BCUT2D eigenvalue weighted by Gasteiger charge is 2.20. The Labute approximate surface area is 177 Å². The fraction of sp³-hybridized carbons (Fsp3) is 0.261. The molecule has 0 saturated heterocycles. The van der Waals surface area contributed by atoms with Crippen LogP contribution in [0.4, 0.5) is 5.69 Å².